The average molecular weight is 468 g/mol. The van der Waals surface area contributed by atoms with E-state index in [0.29, 0.717) is 11.0 Å². The number of methoxy groups -OCH3 is 1. The van der Waals surface area contributed by atoms with E-state index in [4.69, 9.17) is 9.47 Å². The molecule has 0 aliphatic heterocycles. The second kappa shape index (κ2) is 8.75. The lowest BCUT2D eigenvalue weighted by molar-refractivity contribution is -0.00520. The first-order chi connectivity index (χ1) is 17.0. The highest BCUT2D eigenvalue weighted by Crippen LogP contribution is 2.60. The summed E-state index contributed by atoms with van der Waals surface area (Å²) in [6.07, 6.45) is 8.56. The number of hydrogen-bond acceptors (Lipinski definition) is 4. The fraction of sp³-hybridized carbons (Fsp3) is 0.387. The molecule has 0 saturated heterocycles. The molecule has 3 aromatic rings. The number of carbonyl (C=O) groups is 1. The standard InChI is InChI=1S/C31H33NO3/c1-32(29-6-4-3-5-28(29)30(33)34-2)25-9-13-27(14-10-25)35-26-11-7-24(8-12-26)31-18-21-15-22(19-31)17-23(16-21)20-31/h3-14,21-23H,15-20H2,1-2H3. The molecule has 4 aliphatic rings. The number of para-hydroxylation sites is 1. The van der Waals surface area contributed by atoms with E-state index >= 15 is 0 Å². The van der Waals surface area contributed by atoms with E-state index in [1.54, 1.807) is 6.07 Å². The molecule has 0 radical (unpaired) electrons. The summed E-state index contributed by atoms with van der Waals surface area (Å²) in [7, 11) is 3.35. The zero-order chi connectivity index (χ0) is 24.0. The summed E-state index contributed by atoms with van der Waals surface area (Å²) in [6, 6.07) is 24.3. The molecule has 35 heavy (non-hydrogen) atoms. The Morgan fingerprint density at radius 3 is 1.91 bits per heavy atom. The molecule has 4 bridgehead atoms. The predicted octanol–water partition coefficient (Wildman–Crippen LogP) is 7.50. The summed E-state index contributed by atoms with van der Waals surface area (Å²) < 4.78 is 11.1. The van der Waals surface area contributed by atoms with Gasteiger partial charge >= 0.3 is 5.97 Å². The third-order valence-electron chi connectivity index (χ3n) is 8.64. The molecule has 4 fully saturated rings. The van der Waals surface area contributed by atoms with Crippen LogP contribution < -0.4 is 9.64 Å². The Morgan fingerprint density at radius 1 is 0.800 bits per heavy atom. The molecule has 0 unspecified atom stereocenters. The first-order valence-corrected chi connectivity index (χ1v) is 12.8. The van der Waals surface area contributed by atoms with Crippen LogP contribution in [0.3, 0.4) is 0 Å². The smallest absolute Gasteiger partial charge is 0.339 e. The highest BCUT2D eigenvalue weighted by molar-refractivity contribution is 5.96. The van der Waals surface area contributed by atoms with Crippen molar-refractivity contribution in [2.75, 3.05) is 19.1 Å². The molecule has 0 atom stereocenters. The largest absolute Gasteiger partial charge is 0.465 e. The van der Waals surface area contributed by atoms with Gasteiger partial charge in [0.25, 0.3) is 0 Å². The summed E-state index contributed by atoms with van der Waals surface area (Å²) in [5, 5.41) is 0. The van der Waals surface area contributed by atoms with Crippen LogP contribution in [0.5, 0.6) is 11.5 Å². The highest BCUT2D eigenvalue weighted by Gasteiger charge is 2.51. The Hall–Kier alpha value is -3.27. The first-order valence-electron chi connectivity index (χ1n) is 12.8. The van der Waals surface area contributed by atoms with Gasteiger partial charge in [0, 0.05) is 12.7 Å². The normalized spacial score (nSPS) is 26.4. The third-order valence-corrected chi connectivity index (χ3v) is 8.64. The molecule has 0 amide bonds. The van der Waals surface area contributed by atoms with Gasteiger partial charge < -0.3 is 14.4 Å². The first kappa shape index (κ1) is 22.2. The number of benzene rings is 3. The highest BCUT2D eigenvalue weighted by atomic mass is 16.5. The van der Waals surface area contributed by atoms with Crippen molar-refractivity contribution in [3.63, 3.8) is 0 Å². The number of hydrogen-bond donors (Lipinski definition) is 0. The van der Waals surface area contributed by atoms with E-state index in [9.17, 15) is 4.79 Å². The van der Waals surface area contributed by atoms with Gasteiger partial charge in [0.05, 0.1) is 18.4 Å². The van der Waals surface area contributed by atoms with Crippen LogP contribution >= 0.6 is 0 Å². The lowest BCUT2D eigenvalue weighted by atomic mass is 9.48. The topological polar surface area (TPSA) is 38.8 Å². The van der Waals surface area contributed by atoms with Crippen LogP contribution in [0.15, 0.2) is 72.8 Å². The van der Waals surface area contributed by atoms with Gasteiger partial charge in [-0.05, 0) is 116 Å². The van der Waals surface area contributed by atoms with Crippen molar-refractivity contribution in [3.8, 4) is 11.5 Å². The van der Waals surface area contributed by atoms with Gasteiger partial charge in [0.2, 0.25) is 0 Å². The zero-order valence-electron chi connectivity index (χ0n) is 20.6. The molecular weight excluding hydrogens is 434 g/mol. The van der Waals surface area contributed by atoms with E-state index in [1.807, 2.05) is 54.4 Å². The van der Waals surface area contributed by atoms with Crippen molar-refractivity contribution in [1.29, 1.82) is 0 Å². The van der Waals surface area contributed by atoms with Crippen LogP contribution in [0.1, 0.15) is 54.4 Å². The molecule has 4 aliphatic carbocycles. The molecule has 4 heteroatoms. The Labute approximate surface area is 207 Å². The quantitative estimate of drug-likeness (QED) is 0.352. The summed E-state index contributed by atoms with van der Waals surface area (Å²) in [5.74, 6) is 4.18. The maximum Gasteiger partial charge on any atom is 0.339 e. The van der Waals surface area contributed by atoms with E-state index in [2.05, 4.69) is 24.3 Å². The van der Waals surface area contributed by atoms with Crippen LogP contribution in [0.4, 0.5) is 11.4 Å². The number of rotatable bonds is 6. The van der Waals surface area contributed by atoms with Crippen molar-refractivity contribution in [2.24, 2.45) is 17.8 Å². The second-order valence-corrected chi connectivity index (χ2v) is 10.9. The van der Waals surface area contributed by atoms with Crippen molar-refractivity contribution in [3.05, 3.63) is 83.9 Å². The second-order valence-electron chi connectivity index (χ2n) is 10.9. The Balaban J connectivity index is 1.15. The Kier molecular flexibility index (Phi) is 5.55. The van der Waals surface area contributed by atoms with Gasteiger partial charge in [-0.2, -0.15) is 0 Å². The SMILES string of the molecule is COC(=O)c1ccccc1N(C)c1ccc(Oc2ccc(C34CC5CC(CC(C5)C3)C4)cc2)cc1. The fourth-order valence-electron chi connectivity index (χ4n) is 7.40. The zero-order valence-corrected chi connectivity index (χ0v) is 20.6. The van der Waals surface area contributed by atoms with Gasteiger partial charge in [-0.1, -0.05) is 24.3 Å². The molecular formula is C31H33NO3. The number of carbonyl (C=O) groups excluding carboxylic acids is 1. The van der Waals surface area contributed by atoms with E-state index in [1.165, 1.54) is 51.2 Å². The van der Waals surface area contributed by atoms with Crippen molar-refractivity contribution in [1.82, 2.24) is 0 Å². The van der Waals surface area contributed by atoms with Gasteiger partial charge in [-0.3, -0.25) is 0 Å². The molecule has 4 saturated carbocycles. The van der Waals surface area contributed by atoms with Crippen LogP contribution in [0.2, 0.25) is 0 Å². The number of esters is 1. The Bertz CT molecular complexity index is 1180. The predicted molar refractivity (Wildman–Crippen MR) is 139 cm³/mol. The van der Waals surface area contributed by atoms with Crippen molar-refractivity contribution in [2.45, 2.75) is 43.9 Å². The van der Waals surface area contributed by atoms with Crippen molar-refractivity contribution >= 4 is 17.3 Å². The van der Waals surface area contributed by atoms with Crippen LogP contribution in [0.25, 0.3) is 0 Å². The third kappa shape index (κ3) is 4.09. The number of nitrogens with zero attached hydrogens (tertiary/aromatic N) is 1. The van der Waals surface area contributed by atoms with Gasteiger partial charge in [0.1, 0.15) is 11.5 Å². The molecule has 3 aromatic carbocycles. The minimum absolute atomic E-state index is 0.343. The minimum Gasteiger partial charge on any atom is -0.465 e. The maximum atomic E-state index is 12.2. The van der Waals surface area contributed by atoms with Crippen LogP contribution in [-0.4, -0.2) is 20.1 Å². The molecule has 7 rings (SSSR count). The van der Waals surface area contributed by atoms with Gasteiger partial charge in [-0.25, -0.2) is 4.79 Å². The van der Waals surface area contributed by atoms with Crippen LogP contribution in [-0.2, 0) is 10.2 Å². The van der Waals surface area contributed by atoms with Gasteiger partial charge in [0.15, 0.2) is 0 Å². The molecule has 0 spiro atoms. The number of ether oxygens (including phenoxy) is 2. The van der Waals surface area contributed by atoms with E-state index < -0.39 is 0 Å². The molecule has 0 heterocycles. The molecule has 0 N–H and O–H groups in total. The minimum atomic E-state index is -0.343. The van der Waals surface area contributed by atoms with E-state index in [0.717, 1.165) is 40.6 Å². The lowest BCUT2D eigenvalue weighted by Gasteiger charge is -2.57. The summed E-state index contributed by atoms with van der Waals surface area (Å²) in [4.78, 5) is 14.1. The summed E-state index contributed by atoms with van der Waals surface area (Å²) in [5.41, 5.74) is 4.24. The average Bonchev–Trinajstić information content (AvgIpc) is 2.88. The summed E-state index contributed by atoms with van der Waals surface area (Å²) in [6.45, 7) is 0. The van der Waals surface area contributed by atoms with Crippen LogP contribution in [0, 0.1) is 17.8 Å². The van der Waals surface area contributed by atoms with Gasteiger partial charge in [-0.15, -0.1) is 0 Å². The molecule has 0 aromatic heterocycles. The van der Waals surface area contributed by atoms with E-state index in [-0.39, 0.29) is 5.97 Å². The molecule has 4 nitrogen and oxygen atoms in total. The fourth-order valence-corrected chi connectivity index (χ4v) is 7.40. The van der Waals surface area contributed by atoms with Crippen molar-refractivity contribution < 1.29 is 14.3 Å². The number of anilines is 2. The maximum absolute atomic E-state index is 12.2. The molecule has 180 valence electrons. The lowest BCUT2D eigenvalue weighted by Crippen LogP contribution is -2.48. The monoisotopic (exact) mass is 467 g/mol. The summed E-state index contributed by atoms with van der Waals surface area (Å²) >= 11 is 0. The Morgan fingerprint density at radius 2 is 1.34 bits per heavy atom.